The first kappa shape index (κ1) is 18.4. The largest absolute Gasteiger partial charge is 0.349 e. The van der Waals surface area contributed by atoms with Crippen LogP contribution in [0.4, 0.5) is 0 Å². The van der Waals surface area contributed by atoms with Gasteiger partial charge in [0.2, 0.25) is 0 Å². The number of aryl methyl sites for hydroxylation is 2. The highest BCUT2D eigenvalue weighted by Gasteiger charge is 2.39. The monoisotopic (exact) mass is 387 g/mol. The van der Waals surface area contributed by atoms with Gasteiger partial charge >= 0.3 is 0 Å². The minimum Gasteiger partial charge on any atom is -0.349 e. The molecule has 0 aliphatic carbocycles. The summed E-state index contributed by atoms with van der Waals surface area (Å²) in [4.78, 5) is 16.1. The number of piperidine rings is 1. The quantitative estimate of drug-likeness (QED) is 0.718. The smallest absolute Gasteiger partial charge is 0.254 e. The number of amides is 1. The Bertz CT molecular complexity index is 1050. The van der Waals surface area contributed by atoms with Crippen LogP contribution < -0.4 is 5.32 Å². The number of carbonyl (C=O) groups is 1. The van der Waals surface area contributed by atoms with Crippen molar-refractivity contribution in [2.75, 3.05) is 7.05 Å². The standard InChI is InChI=1S/C25H29N3O/c1-16-9-12-21-22(13-16)28(3)24(17-7-5-4-6-8-17)23(21)25(29)26-18-14-19-10-11-20(15-18)27(19)2/h4-9,12-13,18-20H,10-11,14-15H2,1-3H3,(H,26,29)/t18-,19+,20-. The number of rotatable bonds is 3. The number of nitrogens with one attached hydrogen (secondary N) is 1. The van der Waals surface area contributed by atoms with Crippen molar-refractivity contribution in [2.45, 2.75) is 50.7 Å². The van der Waals surface area contributed by atoms with Crippen LogP contribution in [-0.2, 0) is 7.05 Å². The van der Waals surface area contributed by atoms with Gasteiger partial charge in [-0.25, -0.2) is 0 Å². The first-order valence-corrected chi connectivity index (χ1v) is 10.7. The Kier molecular flexibility index (Phi) is 4.47. The number of carbonyl (C=O) groups excluding carboxylic acids is 1. The van der Waals surface area contributed by atoms with E-state index in [0.717, 1.165) is 40.6 Å². The maximum Gasteiger partial charge on any atom is 0.254 e. The molecule has 0 spiro atoms. The van der Waals surface area contributed by atoms with Gasteiger partial charge < -0.3 is 14.8 Å². The van der Waals surface area contributed by atoms with E-state index in [9.17, 15) is 4.79 Å². The van der Waals surface area contributed by atoms with Gasteiger partial charge in [-0.05, 0) is 56.8 Å². The molecular formula is C25H29N3O. The maximum absolute atomic E-state index is 13.6. The molecule has 0 saturated carbocycles. The number of hydrogen-bond donors (Lipinski definition) is 1. The molecule has 29 heavy (non-hydrogen) atoms. The molecule has 0 radical (unpaired) electrons. The fourth-order valence-electron chi connectivity index (χ4n) is 5.50. The Morgan fingerprint density at radius 2 is 1.69 bits per heavy atom. The Morgan fingerprint density at radius 3 is 2.38 bits per heavy atom. The fourth-order valence-corrected chi connectivity index (χ4v) is 5.50. The molecule has 3 atom stereocenters. The first-order chi connectivity index (χ1) is 14.0. The molecule has 1 aromatic heterocycles. The van der Waals surface area contributed by atoms with E-state index in [0.29, 0.717) is 12.1 Å². The molecule has 5 rings (SSSR count). The van der Waals surface area contributed by atoms with E-state index in [1.807, 2.05) is 18.2 Å². The second kappa shape index (κ2) is 7.03. The van der Waals surface area contributed by atoms with Crippen LogP contribution in [0.1, 0.15) is 41.6 Å². The molecule has 2 bridgehead atoms. The third-order valence-electron chi connectivity index (χ3n) is 7.06. The van der Waals surface area contributed by atoms with Gasteiger partial charge in [0.25, 0.3) is 5.91 Å². The lowest BCUT2D eigenvalue weighted by Gasteiger charge is -2.36. The normalized spacial score (nSPS) is 24.2. The molecule has 4 nitrogen and oxygen atoms in total. The summed E-state index contributed by atoms with van der Waals surface area (Å²) in [5, 5.41) is 4.44. The van der Waals surface area contributed by atoms with Crippen molar-refractivity contribution in [1.82, 2.24) is 14.8 Å². The Labute approximate surface area is 172 Å². The molecule has 4 heteroatoms. The molecule has 1 amide bonds. The van der Waals surface area contributed by atoms with Crippen LogP contribution in [0.15, 0.2) is 48.5 Å². The van der Waals surface area contributed by atoms with E-state index in [-0.39, 0.29) is 11.9 Å². The third-order valence-corrected chi connectivity index (χ3v) is 7.06. The third kappa shape index (κ3) is 3.06. The van der Waals surface area contributed by atoms with Crippen molar-refractivity contribution < 1.29 is 4.79 Å². The SMILES string of the molecule is Cc1ccc2c(C(=O)N[C@H]3C[C@H]4CC[C@@H](C3)N4C)c(-c3ccccc3)n(C)c2c1. The van der Waals surface area contributed by atoms with Gasteiger partial charge in [0, 0.05) is 36.1 Å². The summed E-state index contributed by atoms with van der Waals surface area (Å²) in [7, 11) is 4.30. The first-order valence-electron chi connectivity index (χ1n) is 10.7. The molecule has 1 N–H and O–H groups in total. The van der Waals surface area contributed by atoms with Crippen LogP contribution in [-0.4, -0.2) is 40.5 Å². The summed E-state index contributed by atoms with van der Waals surface area (Å²) in [5.41, 5.74) is 5.20. The number of aromatic nitrogens is 1. The van der Waals surface area contributed by atoms with Gasteiger partial charge in [-0.1, -0.05) is 42.5 Å². The van der Waals surface area contributed by atoms with Gasteiger partial charge in [-0.15, -0.1) is 0 Å². The zero-order valence-corrected chi connectivity index (χ0v) is 17.5. The average Bonchev–Trinajstić information content (AvgIpc) is 3.10. The van der Waals surface area contributed by atoms with Gasteiger partial charge in [0.15, 0.2) is 0 Å². The Hall–Kier alpha value is -2.59. The summed E-state index contributed by atoms with van der Waals surface area (Å²) in [6.45, 7) is 2.10. The molecule has 2 saturated heterocycles. The highest BCUT2D eigenvalue weighted by Crippen LogP contribution is 2.36. The van der Waals surface area contributed by atoms with E-state index in [4.69, 9.17) is 0 Å². The fraction of sp³-hybridized carbons (Fsp3) is 0.400. The van der Waals surface area contributed by atoms with Crippen LogP contribution >= 0.6 is 0 Å². The van der Waals surface area contributed by atoms with Crippen LogP contribution in [0.2, 0.25) is 0 Å². The van der Waals surface area contributed by atoms with Crippen molar-refractivity contribution >= 4 is 16.8 Å². The summed E-state index contributed by atoms with van der Waals surface area (Å²) >= 11 is 0. The summed E-state index contributed by atoms with van der Waals surface area (Å²) in [6, 6.07) is 18.1. The van der Waals surface area contributed by atoms with E-state index in [1.165, 1.54) is 18.4 Å². The summed E-state index contributed by atoms with van der Waals surface area (Å²) in [6.07, 6.45) is 4.64. The van der Waals surface area contributed by atoms with Crippen molar-refractivity contribution in [3.8, 4) is 11.3 Å². The molecule has 3 heterocycles. The summed E-state index contributed by atoms with van der Waals surface area (Å²) in [5.74, 6) is 0.0623. The molecular weight excluding hydrogens is 358 g/mol. The topological polar surface area (TPSA) is 37.3 Å². The molecule has 3 aromatic rings. The second-order valence-electron chi connectivity index (χ2n) is 8.86. The molecule has 2 fully saturated rings. The van der Waals surface area contributed by atoms with Gasteiger partial charge in [0.05, 0.1) is 11.3 Å². The van der Waals surface area contributed by atoms with Gasteiger partial charge in [0.1, 0.15) is 0 Å². The van der Waals surface area contributed by atoms with E-state index in [1.54, 1.807) is 0 Å². The Balaban J connectivity index is 1.56. The van der Waals surface area contributed by atoms with Crippen molar-refractivity contribution in [2.24, 2.45) is 7.05 Å². The molecule has 0 unspecified atom stereocenters. The van der Waals surface area contributed by atoms with Crippen molar-refractivity contribution in [1.29, 1.82) is 0 Å². The minimum atomic E-state index is 0.0623. The average molecular weight is 388 g/mol. The minimum absolute atomic E-state index is 0.0623. The predicted molar refractivity (Wildman–Crippen MR) is 118 cm³/mol. The highest BCUT2D eigenvalue weighted by molar-refractivity contribution is 6.13. The predicted octanol–water partition coefficient (Wildman–Crippen LogP) is 4.51. The van der Waals surface area contributed by atoms with E-state index in [2.05, 4.69) is 66.1 Å². The van der Waals surface area contributed by atoms with Gasteiger partial charge in [-0.2, -0.15) is 0 Å². The maximum atomic E-state index is 13.6. The number of fused-ring (bicyclic) bond motifs is 3. The van der Waals surface area contributed by atoms with Gasteiger partial charge in [-0.3, -0.25) is 4.79 Å². The Morgan fingerprint density at radius 1 is 1.00 bits per heavy atom. The summed E-state index contributed by atoms with van der Waals surface area (Å²) < 4.78 is 2.17. The zero-order valence-electron chi connectivity index (χ0n) is 17.5. The lowest BCUT2D eigenvalue weighted by Crippen LogP contribution is -2.48. The molecule has 2 aliphatic heterocycles. The van der Waals surface area contributed by atoms with E-state index < -0.39 is 0 Å². The zero-order chi connectivity index (χ0) is 20.1. The number of hydrogen-bond acceptors (Lipinski definition) is 2. The molecule has 2 aliphatic rings. The van der Waals surface area contributed by atoms with Crippen LogP contribution in [0.5, 0.6) is 0 Å². The van der Waals surface area contributed by atoms with Crippen molar-refractivity contribution in [3.05, 3.63) is 59.7 Å². The molecule has 150 valence electrons. The highest BCUT2D eigenvalue weighted by atomic mass is 16.1. The van der Waals surface area contributed by atoms with Crippen LogP contribution in [0.3, 0.4) is 0 Å². The van der Waals surface area contributed by atoms with Crippen LogP contribution in [0, 0.1) is 6.92 Å². The molecule has 2 aromatic carbocycles. The lowest BCUT2D eigenvalue weighted by molar-refractivity contribution is 0.0884. The van der Waals surface area contributed by atoms with Crippen molar-refractivity contribution in [3.63, 3.8) is 0 Å². The lowest BCUT2D eigenvalue weighted by atomic mass is 9.97. The number of benzene rings is 2. The number of nitrogens with zero attached hydrogens (tertiary/aromatic N) is 2. The second-order valence-corrected chi connectivity index (χ2v) is 8.86. The van der Waals surface area contributed by atoms with E-state index >= 15 is 0 Å². The van der Waals surface area contributed by atoms with Crippen LogP contribution in [0.25, 0.3) is 22.2 Å².